The van der Waals surface area contributed by atoms with Crippen molar-refractivity contribution in [3.63, 3.8) is 0 Å². The van der Waals surface area contributed by atoms with Gasteiger partial charge >= 0.3 is 0 Å². The second-order valence-corrected chi connectivity index (χ2v) is 7.49. The molecule has 0 amide bonds. The SMILES string of the molecule is CC1CCCN(c2ccc(CNC(C)(C)C)cc2Cl)C1. The van der Waals surface area contributed by atoms with E-state index in [0.717, 1.165) is 30.6 Å². The molecule has 0 radical (unpaired) electrons. The van der Waals surface area contributed by atoms with E-state index in [4.69, 9.17) is 11.6 Å². The van der Waals surface area contributed by atoms with Gasteiger partial charge in [0.05, 0.1) is 10.7 Å². The molecular weight excluding hydrogens is 268 g/mol. The Morgan fingerprint density at radius 2 is 2.10 bits per heavy atom. The zero-order chi connectivity index (χ0) is 14.8. The molecule has 20 heavy (non-hydrogen) atoms. The van der Waals surface area contributed by atoms with Gasteiger partial charge in [-0.15, -0.1) is 0 Å². The molecule has 112 valence electrons. The number of nitrogens with one attached hydrogen (secondary N) is 1. The first kappa shape index (κ1) is 15.7. The first-order chi connectivity index (χ1) is 9.35. The van der Waals surface area contributed by atoms with Crippen molar-refractivity contribution in [2.45, 2.75) is 52.6 Å². The van der Waals surface area contributed by atoms with Crippen molar-refractivity contribution in [2.24, 2.45) is 5.92 Å². The molecule has 2 rings (SSSR count). The van der Waals surface area contributed by atoms with Crippen LogP contribution in [0, 0.1) is 5.92 Å². The van der Waals surface area contributed by atoms with Gasteiger partial charge in [0.25, 0.3) is 0 Å². The van der Waals surface area contributed by atoms with Gasteiger partial charge in [-0.25, -0.2) is 0 Å². The third-order valence-corrected chi connectivity index (χ3v) is 4.14. The third-order valence-electron chi connectivity index (χ3n) is 3.83. The predicted octanol–water partition coefficient (Wildman–Crippen LogP) is 4.46. The molecule has 1 heterocycles. The minimum absolute atomic E-state index is 0.132. The average Bonchev–Trinajstić information content (AvgIpc) is 2.35. The highest BCUT2D eigenvalue weighted by molar-refractivity contribution is 6.33. The molecule has 1 aromatic carbocycles. The van der Waals surface area contributed by atoms with E-state index in [2.05, 4.69) is 56.1 Å². The number of hydrogen-bond donors (Lipinski definition) is 1. The molecule has 1 aliphatic heterocycles. The van der Waals surface area contributed by atoms with Crippen molar-refractivity contribution in [1.82, 2.24) is 5.32 Å². The van der Waals surface area contributed by atoms with Crippen LogP contribution in [0.3, 0.4) is 0 Å². The normalized spacial score (nSPS) is 20.2. The Morgan fingerprint density at radius 3 is 2.70 bits per heavy atom. The first-order valence-corrected chi connectivity index (χ1v) is 8.01. The largest absolute Gasteiger partial charge is 0.370 e. The van der Waals surface area contributed by atoms with Gasteiger partial charge in [0.1, 0.15) is 0 Å². The Bertz CT molecular complexity index is 451. The summed E-state index contributed by atoms with van der Waals surface area (Å²) in [6.45, 7) is 12.0. The quantitative estimate of drug-likeness (QED) is 0.885. The summed E-state index contributed by atoms with van der Waals surface area (Å²) in [5.74, 6) is 0.766. The third kappa shape index (κ3) is 4.39. The molecule has 1 N–H and O–H groups in total. The minimum atomic E-state index is 0.132. The zero-order valence-corrected chi connectivity index (χ0v) is 13.9. The number of hydrogen-bond acceptors (Lipinski definition) is 2. The summed E-state index contributed by atoms with van der Waals surface area (Å²) in [5, 5.41) is 4.38. The summed E-state index contributed by atoms with van der Waals surface area (Å²) in [6, 6.07) is 6.48. The molecule has 0 aromatic heterocycles. The number of piperidine rings is 1. The summed E-state index contributed by atoms with van der Waals surface area (Å²) in [4.78, 5) is 2.43. The van der Waals surface area contributed by atoms with Gasteiger partial charge in [0.15, 0.2) is 0 Å². The lowest BCUT2D eigenvalue weighted by molar-refractivity contribution is 0.424. The summed E-state index contributed by atoms with van der Waals surface area (Å²) < 4.78 is 0. The second-order valence-electron chi connectivity index (χ2n) is 7.08. The first-order valence-electron chi connectivity index (χ1n) is 7.63. The van der Waals surface area contributed by atoms with Crippen LogP contribution in [0.25, 0.3) is 0 Å². The molecule has 1 saturated heterocycles. The van der Waals surface area contributed by atoms with Gasteiger partial charge in [-0.2, -0.15) is 0 Å². The van der Waals surface area contributed by atoms with Crippen molar-refractivity contribution in [1.29, 1.82) is 0 Å². The van der Waals surface area contributed by atoms with Crippen LogP contribution < -0.4 is 10.2 Å². The van der Waals surface area contributed by atoms with Crippen molar-refractivity contribution < 1.29 is 0 Å². The van der Waals surface area contributed by atoms with E-state index in [9.17, 15) is 0 Å². The van der Waals surface area contributed by atoms with E-state index in [-0.39, 0.29) is 5.54 Å². The van der Waals surface area contributed by atoms with Gasteiger partial charge in [-0.05, 0) is 57.2 Å². The van der Waals surface area contributed by atoms with Crippen molar-refractivity contribution in [3.8, 4) is 0 Å². The molecule has 0 bridgehead atoms. The number of nitrogens with zero attached hydrogens (tertiary/aromatic N) is 1. The predicted molar refractivity (Wildman–Crippen MR) is 88.7 cm³/mol. The summed E-state index contributed by atoms with van der Waals surface area (Å²) in [6.07, 6.45) is 2.60. The fraction of sp³-hybridized carbons (Fsp3) is 0.647. The highest BCUT2D eigenvalue weighted by Gasteiger charge is 2.18. The van der Waals surface area contributed by atoms with E-state index >= 15 is 0 Å². The molecular formula is C17H27ClN2. The van der Waals surface area contributed by atoms with Crippen LogP contribution in [0.2, 0.25) is 5.02 Å². The van der Waals surface area contributed by atoms with Gasteiger partial charge in [-0.3, -0.25) is 0 Å². The van der Waals surface area contributed by atoms with Gasteiger partial charge < -0.3 is 10.2 Å². The molecule has 1 aromatic rings. The fourth-order valence-corrected chi connectivity index (χ4v) is 3.01. The summed E-state index contributed by atoms with van der Waals surface area (Å²) in [5.41, 5.74) is 2.57. The molecule has 1 aliphatic rings. The molecule has 0 saturated carbocycles. The zero-order valence-electron chi connectivity index (χ0n) is 13.2. The Balaban J connectivity index is 2.05. The maximum absolute atomic E-state index is 6.49. The van der Waals surface area contributed by atoms with E-state index in [1.165, 1.54) is 24.1 Å². The van der Waals surface area contributed by atoms with E-state index in [0.29, 0.717) is 0 Å². The summed E-state index contributed by atoms with van der Waals surface area (Å²) >= 11 is 6.49. The van der Waals surface area contributed by atoms with Gasteiger partial charge in [-0.1, -0.05) is 24.6 Å². The Kier molecular flexibility index (Phi) is 4.98. The van der Waals surface area contributed by atoms with Gasteiger partial charge in [0.2, 0.25) is 0 Å². The number of rotatable bonds is 3. The molecule has 0 spiro atoms. The lowest BCUT2D eigenvalue weighted by atomic mass is 9.99. The maximum atomic E-state index is 6.49. The second kappa shape index (κ2) is 6.36. The Hall–Kier alpha value is -0.730. The summed E-state index contributed by atoms with van der Waals surface area (Å²) in [7, 11) is 0. The van der Waals surface area contributed by atoms with Crippen LogP contribution in [0.5, 0.6) is 0 Å². The van der Waals surface area contributed by atoms with Crippen LogP contribution in [0.1, 0.15) is 46.1 Å². The van der Waals surface area contributed by atoms with E-state index < -0.39 is 0 Å². The van der Waals surface area contributed by atoms with Crippen molar-refractivity contribution in [2.75, 3.05) is 18.0 Å². The van der Waals surface area contributed by atoms with Crippen molar-refractivity contribution in [3.05, 3.63) is 28.8 Å². The van der Waals surface area contributed by atoms with Crippen LogP contribution >= 0.6 is 11.6 Å². The molecule has 3 heteroatoms. The Labute approximate surface area is 128 Å². The maximum Gasteiger partial charge on any atom is 0.0642 e. The van der Waals surface area contributed by atoms with Crippen LogP contribution in [-0.4, -0.2) is 18.6 Å². The van der Waals surface area contributed by atoms with Crippen LogP contribution in [-0.2, 0) is 6.54 Å². The number of halogens is 1. The Morgan fingerprint density at radius 1 is 1.35 bits per heavy atom. The highest BCUT2D eigenvalue weighted by atomic mass is 35.5. The van der Waals surface area contributed by atoms with Crippen LogP contribution in [0.15, 0.2) is 18.2 Å². The smallest absolute Gasteiger partial charge is 0.0642 e. The van der Waals surface area contributed by atoms with E-state index in [1.807, 2.05) is 0 Å². The number of benzene rings is 1. The molecule has 1 fully saturated rings. The van der Waals surface area contributed by atoms with Crippen LogP contribution in [0.4, 0.5) is 5.69 Å². The minimum Gasteiger partial charge on any atom is -0.370 e. The average molecular weight is 295 g/mol. The molecule has 0 aliphatic carbocycles. The standard InChI is InChI=1S/C17H27ClN2/c1-13-6-5-9-20(12-13)16-8-7-14(10-15(16)18)11-19-17(2,3)4/h7-8,10,13,19H,5-6,9,11-12H2,1-4H3. The van der Waals surface area contributed by atoms with E-state index in [1.54, 1.807) is 0 Å². The van der Waals surface area contributed by atoms with Crippen molar-refractivity contribution >= 4 is 17.3 Å². The number of anilines is 1. The van der Waals surface area contributed by atoms with Gasteiger partial charge in [0, 0.05) is 25.2 Å². The monoisotopic (exact) mass is 294 g/mol. The fourth-order valence-electron chi connectivity index (χ4n) is 2.69. The highest BCUT2D eigenvalue weighted by Crippen LogP contribution is 2.30. The molecule has 1 unspecified atom stereocenters. The lowest BCUT2D eigenvalue weighted by Gasteiger charge is -2.33. The lowest BCUT2D eigenvalue weighted by Crippen LogP contribution is -2.35. The molecule has 2 nitrogen and oxygen atoms in total. The topological polar surface area (TPSA) is 15.3 Å². The molecule has 1 atom stereocenters.